The van der Waals surface area contributed by atoms with Crippen molar-refractivity contribution in [2.24, 2.45) is 0 Å². The van der Waals surface area contributed by atoms with E-state index >= 15 is 0 Å². The van der Waals surface area contributed by atoms with E-state index in [1.165, 1.54) is 19.0 Å². The van der Waals surface area contributed by atoms with Crippen molar-refractivity contribution in [3.05, 3.63) is 95.8 Å². The lowest BCUT2D eigenvalue weighted by molar-refractivity contribution is 0.0601. The number of aromatic nitrogens is 1. The molecule has 1 saturated heterocycles. The van der Waals surface area contributed by atoms with Crippen LogP contribution in [0.3, 0.4) is 0 Å². The number of fused-ring (bicyclic) bond motifs is 2. The first kappa shape index (κ1) is 26.3. The summed E-state index contributed by atoms with van der Waals surface area (Å²) in [6.07, 6.45) is 3.78. The van der Waals surface area contributed by atoms with Crippen molar-refractivity contribution >= 4 is 34.6 Å². The summed E-state index contributed by atoms with van der Waals surface area (Å²) in [5, 5.41) is 6.41. The minimum Gasteiger partial charge on any atom is -0.493 e. The van der Waals surface area contributed by atoms with Gasteiger partial charge in [0.2, 0.25) is 0 Å². The van der Waals surface area contributed by atoms with E-state index in [9.17, 15) is 9.59 Å². The third-order valence-corrected chi connectivity index (χ3v) is 7.28. The molecule has 6 rings (SSSR count). The molecule has 0 saturated carbocycles. The molecule has 2 aliphatic heterocycles. The number of morpholine rings is 1. The fourth-order valence-electron chi connectivity index (χ4n) is 5.09. The average molecular weight is 551 g/mol. The molecular weight excluding hydrogens is 520 g/mol. The molecule has 4 aromatic rings. The number of rotatable bonds is 7. The largest absolute Gasteiger partial charge is 0.493 e. The summed E-state index contributed by atoms with van der Waals surface area (Å²) < 4.78 is 16.3. The topological polar surface area (TPSA) is 102 Å². The number of ether oxygens (including phenoxy) is 3. The standard InChI is InChI=1S/C32H30N4O5/c1-39-32(38)27-20-33-12-10-25(27)22-3-8-26-29(19-22)34-28-9-2-21(18-30(28)35-31(26)37)11-15-41-24-6-4-23(5-7-24)36-13-16-40-17-14-36/h2-10,12,18-20,34H,11,13-17H2,1H3,(H,35,37). The van der Waals surface area contributed by atoms with Gasteiger partial charge in [-0.05, 0) is 71.3 Å². The van der Waals surface area contributed by atoms with Gasteiger partial charge in [0.15, 0.2) is 0 Å². The predicted molar refractivity (Wildman–Crippen MR) is 157 cm³/mol. The Bertz CT molecular complexity index is 1580. The molecule has 3 aromatic carbocycles. The van der Waals surface area contributed by atoms with Crippen LogP contribution in [-0.4, -0.2) is 56.9 Å². The maximum Gasteiger partial charge on any atom is 0.340 e. The van der Waals surface area contributed by atoms with Crippen LogP contribution < -0.4 is 20.3 Å². The highest BCUT2D eigenvalue weighted by Crippen LogP contribution is 2.36. The zero-order valence-corrected chi connectivity index (χ0v) is 22.7. The summed E-state index contributed by atoms with van der Waals surface area (Å²) in [7, 11) is 1.34. The van der Waals surface area contributed by atoms with Crippen molar-refractivity contribution in [3.8, 4) is 16.9 Å². The van der Waals surface area contributed by atoms with E-state index in [4.69, 9.17) is 14.2 Å². The lowest BCUT2D eigenvalue weighted by Gasteiger charge is -2.28. The number of carbonyl (C=O) groups excluding carboxylic acids is 2. The SMILES string of the molecule is COC(=O)c1cnccc1-c1ccc2c(c1)Nc1ccc(CCOc3ccc(N4CCOCC4)cc3)cc1NC2=O. The molecule has 0 unspecified atom stereocenters. The molecule has 0 atom stereocenters. The van der Waals surface area contributed by atoms with Crippen LogP contribution in [0, 0.1) is 0 Å². The van der Waals surface area contributed by atoms with Crippen molar-refractivity contribution in [3.63, 3.8) is 0 Å². The molecule has 3 heterocycles. The first-order valence-corrected chi connectivity index (χ1v) is 13.5. The van der Waals surface area contributed by atoms with E-state index in [2.05, 4.69) is 32.7 Å². The Morgan fingerprint density at radius 3 is 2.56 bits per heavy atom. The highest BCUT2D eigenvalue weighted by atomic mass is 16.5. The second kappa shape index (κ2) is 11.7. The van der Waals surface area contributed by atoms with Gasteiger partial charge in [0.1, 0.15) is 5.75 Å². The third kappa shape index (κ3) is 5.71. The van der Waals surface area contributed by atoms with Crippen LogP contribution in [-0.2, 0) is 15.9 Å². The number of nitrogens with zero attached hydrogens (tertiary/aromatic N) is 2. The quantitative estimate of drug-likeness (QED) is 0.299. The van der Waals surface area contributed by atoms with E-state index in [0.717, 1.165) is 48.9 Å². The van der Waals surface area contributed by atoms with Crippen molar-refractivity contribution < 1.29 is 23.8 Å². The fraction of sp³-hybridized carbons (Fsp3) is 0.219. The van der Waals surface area contributed by atoms with E-state index in [1.807, 2.05) is 42.5 Å². The van der Waals surface area contributed by atoms with Gasteiger partial charge >= 0.3 is 5.97 Å². The summed E-state index contributed by atoms with van der Waals surface area (Å²) in [6, 6.07) is 21.3. The first-order chi connectivity index (χ1) is 20.1. The summed E-state index contributed by atoms with van der Waals surface area (Å²) in [6.45, 7) is 3.82. The smallest absolute Gasteiger partial charge is 0.340 e. The van der Waals surface area contributed by atoms with Gasteiger partial charge in [-0.2, -0.15) is 0 Å². The minimum atomic E-state index is -0.472. The van der Waals surface area contributed by atoms with Gasteiger partial charge < -0.3 is 29.7 Å². The van der Waals surface area contributed by atoms with Gasteiger partial charge in [0.25, 0.3) is 5.91 Å². The normalized spacial score (nSPS) is 14.2. The van der Waals surface area contributed by atoms with Crippen LogP contribution in [0.25, 0.3) is 11.1 Å². The van der Waals surface area contributed by atoms with Gasteiger partial charge in [-0.25, -0.2) is 4.79 Å². The molecular formula is C32H30N4O5. The van der Waals surface area contributed by atoms with Crippen LogP contribution >= 0.6 is 0 Å². The third-order valence-electron chi connectivity index (χ3n) is 7.28. The number of anilines is 4. The Morgan fingerprint density at radius 2 is 1.76 bits per heavy atom. The highest BCUT2D eigenvalue weighted by molar-refractivity contribution is 6.12. The lowest BCUT2D eigenvalue weighted by Crippen LogP contribution is -2.36. The van der Waals surface area contributed by atoms with Crippen LogP contribution in [0.4, 0.5) is 22.7 Å². The number of hydrogen-bond donors (Lipinski definition) is 2. The number of methoxy groups -OCH3 is 1. The van der Waals surface area contributed by atoms with E-state index in [1.54, 1.807) is 18.3 Å². The van der Waals surface area contributed by atoms with Crippen LogP contribution in [0.15, 0.2) is 79.1 Å². The Hall–Kier alpha value is -4.89. The Morgan fingerprint density at radius 1 is 0.927 bits per heavy atom. The lowest BCUT2D eigenvalue weighted by atomic mass is 9.99. The van der Waals surface area contributed by atoms with Gasteiger partial charge in [-0.15, -0.1) is 0 Å². The Labute approximate surface area is 238 Å². The fourth-order valence-corrected chi connectivity index (χ4v) is 5.09. The number of pyridine rings is 1. The van der Waals surface area contributed by atoms with Gasteiger partial charge in [0.05, 0.1) is 55.1 Å². The van der Waals surface area contributed by atoms with Crippen molar-refractivity contribution in [2.45, 2.75) is 6.42 Å². The van der Waals surface area contributed by atoms with Gasteiger partial charge in [-0.1, -0.05) is 12.1 Å². The molecule has 9 nitrogen and oxygen atoms in total. The van der Waals surface area contributed by atoms with Crippen molar-refractivity contribution in [1.82, 2.24) is 4.98 Å². The first-order valence-electron chi connectivity index (χ1n) is 13.5. The Kier molecular flexibility index (Phi) is 7.51. The molecule has 0 bridgehead atoms. The molecule has 41 heavy (non-hydrogen) atoms. The van der Waals surface area contributed by atoms with E-state index in [0.29, 0.717) is 41.1 Å². The molecule has 1 amide bonds. The summed E-state index contributed by atoms with van der Waals surface area (Å²) in [5.74, 6) is 0.137. The molecule has 1 aromatic heterocycles. The summed E-state index contributed by atoms with van der Waals surface area (Å²) in [4.78, 5) is 31.8. The van der Waals surface area contributed by atoms with Crippen molar-refractivity contribution in [2.75, 3.05) is 55.6 Å². The average Bonchev–Trinajstić information content (AvgIpc) is 3.16. The molecule has 9 heteroatoms. The maximum atomic E-state index is 13.1. The molecule has 2 N–H and O–H groups in total. The molecule has 0 spiro atoms. The number of carbonyl (C=O) groups is 2. The second-order valence-corrected chi connectivity index (χ2v) is 9.82. The molecule has 1 fully saturated rings. The zero-order chi connectivity index (χ0) is 28.2. The van der Waals surface area contributed by atoms with Gasteiger partial charge in [0, 0.05) is 37.6 Å². The predicted octanol–water partition coefficient (Wildman–Crippen LogP) is 5.30. The molecule has 2 aliphatic rings. The monoisotopic (exact) mass is 550 g/mol. The number of esters is 1. The molecule has 0 radical (unpaired) electrons. The second-order valence-electron chi connectivity index (χ2n) is 9.82. The van der Waals surface area contributed by atoms with Crippen LogP contribution in [0.5, 0.6) is 5.75 Å². The minimum absolute atomic E-state index is 0.213. The maximum absolute atomic E-state index is 13.1. The van der Waals surface area contributed by atoms with Gasteiger partial charge in [-0.3, -0.25) is 9.78 Å². The van der Waals surface area contributed by atoms with E-state index in [-0.39, 0.29) is 5.91 Å². The summed E-state index contributed by atoms with van der Waals surface area (Å²) in [5.41, 5.74) is 6.63. The zero-order valence-electron chi connectivity index (χ0n) is 22.7. The van der Waals surface area contributed by atoms with Crippen LogP contribution in [0.1, 0.15) is 26.3 Å². The van der Waals surface area contributed by atoms with Crippen molar-refractivity contribution in [1.29, 1.82) is 0 Å². The number of benzene rings is 3. The highest BCUT2D eigenvalue weighted by Gasteiger charge is 2.21. The molecule has 208 valence electrons. The number of amides is 1. The molecule has 0 aliphatic carbocycles. The number of hydrogen-bond acceptors (Lipinski definition) is 8. The number of nitrogens with one attached hydrogen (secondary N) is 2. The Balaban J connectivity index is 1.14. The van der Waals surface area contributed by atoms with Crippen LogP contribution in [0.2, 0.25) is 0 Å². The van der Waals surface area contributed by atoms with E-state index < -0.39 is 5.97 Å². The summed E-state index contributed by atoms with van der Waals surface area (Å²) >= 11 is 0.